The summed E-state index contributed by atoms with van der Waals surface area (Å²) in [7, 11) is 0. The first-order valence-electron chi connectivity index (χ1n) is 22.5. The highest BCUT2D eigenvalue weighted by Crippen LogP contribution is 2.45. The Balaban J connectivity index is 0.961. The average Bonchev–Trinajstić information content (AvgIpc) is 3.74. The maximum atomic E-state index is 2.41. The molecular weight excluding hydrogens is 801 g/mol. The quantitative estimate of drug-likeness (QED) is 0.121. The van der Waals surface area contributed by atoms with Gasteiger partial charge in [0.1, 0.15) is 0 Å². The van der Waals surface area contributed by atoms with Gasteiger partial charge in [-0.2, -0.15) is 0 Å². The van der Waals surface area contributed by atoms with Crippen LogP contribution in [-0.4, -0.2) is 4.57 Å². The van der Waals surface area contributed by atoms with Gasteiger partial charge in [-0.25, -0.2) is 0 Å². The highest BCUT2D eigenvalue weighted by Gasteiger charge is 2.21. The van der Waals surface area contributed by atoms with Crippen LogP contribution in [0, 0.1) is 0 Å². The second kappa shape index (κ2) is 16.7. The molecule has 12 aromatic rings. The third kappa shape index (κ3) is 6.89. The van der Waals surface area contributed by atoms with E-state index in [1.165, 1.54) is 49.4 Å². The summed E-state index contributed by atoms with van der Waals surface area (Å²) in [6.07, 6.45) is 0. The molecule has 312 valence electrons. The van der Waals surface area contributed by atoms with Gasteiger partial charge in [-0.05, 0) is 155 Å². The van der Waals surface area contributed by atoms with E-state index in [-0.39, 0.29) is 0 Å². The summed E-state index contributed by atoms with van der Waals surface area (Å²) >= 11 is 0. The van der Waals surface area contributed by atoms with Crippen LogP contribution < -0.4 is 14.7 Å². The standard InChI is InChI=1S/C62H44N4/c1-6-18-47(19-7-1)63(48-20-8-2-9-21-48)53-34-38-55(39-35-53)65(56-40-36-54(37-41-56)64(49-22-10-3-11-23-49)50-24-12-4-13-25-50)52-32-29-45(30-33-52)57-43-44-60-62-58(57)42-31-46-17-16-28-59(61(46)62)66(60)51-26-14-5-15-27-51/h1-44H. The Bertz CT molecular complexity index is 3330. The van der Waals surface area contributed by atoms with Crippen molar-refractivity contribution in [1.29, 1.82) is 0 Å². The molecule has 1 heterocycles. The van der Waals surface area contributed by atoms with Crippen molar-refractivity contribution in [3.8, 4) is 16.8 Å². The lowest BCUT2D eigenvalue weighted by Crippen LogP contribution is -2.13. The highest BCUT2D eigenvalue weighted by atomic mass is 15.2. The summed E-state index contributed by atoms with van der Waals surface area (Å²) in [5.74, 6) is 0. The molecule has 1 aromatic heterocycles. The Kier molecular flexibility index (Phi) is 9.81. The third-order valence-electron chi connectivity index (χ3n) is 12.7. The molecule has 0 amide bonds. The van der Waals surface area contributed by atoms with Crippen LogP contribution in [0.5, 0.6) is 0 Å². The number of benzene rings is 11. The molecule has 4 heteroatoms. The molecule has 0 N–H and O–H groups in total. The minimum Gasteiger partial charge on any atom is -0.311 e. The van der Waals surface area contributed by atoms with E-state index in [1.54, 1.807) is 0 Å². The van der Waals surface area contributed by atoms with Crippen LogP contribution in [0.2, 0.25) is 0 Å². The summed E-state index contributed by atoms with van der Waals surface area (Å²) in [4.78, 5) is 6.96. The van der Waals surface area contributed by atoms with E-state index < -0.39 is 0 Å². The van der Waals surface area contributed by atoms with Crippen molar-refractivity contribution in [1.82, 2.24) is 4.57 Å². The predicted octanol–water partition coefficient (Wildman–Crippen LogP) is 17.5. The van der Waals surface area contributed by atoms with Gasteiger partial charge in [-0.15, -0.1) is 0 Å². The van der Waals surface area contributed by atoms with Crippen molar-refractivity contribution in [2.24, 2.45) is 0 Å². The molecule has 12 rings (SSSR count). The van der Waals surface area contributed by atoms with Gasteiger partial charge in [0.2, 0.25) is 0 Å². The summed E-state index contributed by atoms with van der Waals surface area (Å²) in [6, 6.07) is 95.7. The Morgan fingerprint density at radius 2 is 0.606 bits per heavy atom. The second-order valence-electron chi connectivity index (χ2n) is 16.6. The van der Waals surface area contributed by atoms with Gasteiger partial charge in [0.05, 0.1) is 11.0 Å². The fourth-order valence-electron chi connectivity index (χ4n) is 9.74. The molecule has 0 radical (unpaired) electrons. The van der Waals surface area contributed by atoms with Crippen LogP contribution in [0.15, 0.2) is 267 Å². The number of aromatic nitrogens is 1. The molecule has 0 aliphatic heterocycles. The summed E-state index contributed by atoms with van der Waals surface area (Å²) in [5, 5.41) is 5.12. The first-order valence-corrected chi connectivity index (χ1v) is 22.5. The molecule has 0 saturated heterocycles. The Hall–Kier alpha value is -8.86. The average molecular weight is 845 g/mol. The van der Waals surface area contributed by atoms with Gasteiger partial charge in [-0.3, -0.25) is 0 Å². The number of hydrogen-bond donors (Lipinski definition) is 0. The summed E-state index contributed by atoms with van der Waals surface area (Å²) in [5.41, 5.74) is 15.8. The topological polar surface area (TPSA) is 14.7 Å². The number of hydrogen-bond acceptors (Lipinski definition) is 3. The fraction of sp³-hybridized carbons (Fsp3) is 0. The van der Waals surface area contributed by atoms with Crippen LogP contribution in [-0.2, 0) is 0 Å². The molecule has 0 aliphatic carbocycles. The van der Waals surface area contributed by atoms with E-state index in [2.05, 4.69) is 286 Å². The van der Waals surface area contributed by atoms with Gasteiger partial charge in [0.15, 0.2) is 0 Å². The second-order valence-corrected chi connectivity index (χ2v) is 16.6. The Morgan fingerprint density at radius 3 is 1.03 bits per heavy atom. The van der Waals surface area contributed by atoms with Crippen LogP contribution >= 0.6 is 0 Å². The molecule has 4 nitrogen and oxygen atoms in total. The number of rotatable bonds is 11. The largest absolute Gasteiger partial charge is 0.311 e. The molecule has 0 unspecified atom stereocenters. The van der Waals surface area contributed by atoms with Crippen molar-refractivity contribution in [2.45, 2.75) is 0 Å². The predicted molar refractivity (Wildman–Crippen MR) is 279 cm³/mol. The van der Waals surface area contributed by atoms with E-state index in [1.807, 2.05) is 0 Å². The monoisotopic (exact) mass is 844 g/mol. The van der Waals surface area contributed by atoms with E-state index in [4.69, 9.17) is 0 Å². The van der Waals surface area contributed by atoms with Crippen LogP contribution in [0.25, 0.3) is 49.4 Å². The van der Waals surface area contributed by atoms with E-state index >= 15 is 0 Å². The minimum atomic E-state index is 1.06. The van der Waals surface area contributed by atoms with Crippen LogP contribution in [0.4, 0.5) is 51.2 Å². The zero-order valence-electron chi connectivity index (χ0n) is 36.2. The molecule has 0 saturated carbocycles. The maximum absolute atomic E-state index is 2.41. The lowest BCUT2D eigenvalue weighted by Gasteiger charge is -2.29. The van der Waals surface area contributed by atoms with Crippen molar-refractivity contribution >= 4 is 83.8 Å². The smallest absolute Gasteiger partial charge is 0.0547 e. The van der Waals surface area contributed by atoms with Gasteiger partial charge in [0.25, 0.3) is 0 Å². The van der Waals surface area contributed by atoms with Gasteiger partial charge < -0.3 is 19.3 Å². The number of nitrogens with zero attached hydrogens (tertiary/aromatic N) is 4. The van der Waals surface area contributed by atoms with E-state index in [0.29, 0.717) is 0 Å². The first-order chi connectivity index (χ1) is 32.8. The molecular formula is C62H44N4. The minimum absolute atomic E-state index is 1.06. The van der Waals surface area contributed by atoms with Gasteiger partial charge >= 0.3 is 0 Å². The zero-order chi connectivity index (χ0) is 43.8. The number of para-hydroxylation sites is 5. The SMILES string of the molecule is c1ccc(N(c2ccccc2)c2ccc(N(c3ccc(-c4ccc5c6c4ccc4cccc(c46)n5-c4ccccc4)cc3)c3ccc(N(c4ccccc4)c4ccccc4)cc3)cc2)cc1. The highest BCUT2D eigenvalue weighted by molar-refractivity contribution is 6.26. The molecule has 0 bridgehead atoms. The first kappa shape index (κ1) is 38.8. The molecule has 66 heavy (non-hydrogen) atoms. The van der Waals surface area contributed by atoms with Crippen molar-refractivity contribution in [2.75, 3.05) is 14.7 Å². The zero-order valence-corrected chi connectivity index (χ0v) is 36.2. The third-order valence-corrected chi connectivity index (χ3v) is 12.7. The molecule has 0 aliphatic rings. The lowest BCUT2D eigenvalue weighted by molar-refractivity contribution is 1.18. The maximum Gasteiger partial charge on any atom is 0.0547 e. The van der Waals surface area contributed by atoms with E-state index in [0.717, 1.165) is 51.2 Å². The lowest BCUT2D eigenvalue weighted by atomic mass is 9.94. The fourth-order valence-corrected chi connectivity index (χ4v) is 9.74. The van der Waals surface area contributed by atoms with Crippen LogP contribution in [0.1, 0.15) is 0 Å². The van der Waals surface area contributed by atoms with Crippen molar-refractivity contribution in [3.63, 3.8) is 0 Å². The van der Waals surface area contributed by atoms with Gasteiger partial charge in [0, 0.05) is 67.6 Å². The van der Waals surface area contributed by atoms with E-state index in [9.17, 15) is 0 Å². The number of anilines is 9. The van der Waals surface area contributed by atoms with Crippen LogP contribution in [0.3, 0.4) is 0 Å². The Morgan fingerprint density at radius 1 is 0.242 bits per heavy atom. The molecule has 0 atom stereocenters. The Labute approximate surface area is 385 Å². The molecule has 0 fully saturated rings. The van der Waals surface area contributed by atoms with Gasteiger partial charge in [-0.1, -0.05) is 133 Å². The normalized spacial score (nSPS) is 11.3. The van der Waals surface area contributed by atoms with Crippen molar-refractivity contribution < 1.29 is 0 Å². The summed E-state index contributed by atoms with van der Waals surface area (Å²) in [6.45, 7) is 0. The van der Waals surface area contributed by atoms with Crippen molar-refractivity contribution in [3.05, 3.63) is 267 Å². The molecule has 11 aromatic carbocycles. The summed E-state index contributed by atoms with van der Waals surface area (Å²) < 4.78 is 2.41. The molecule has 0 spiro atoms.